The zero-order chi connectivity index (χ0) is 5.98. The van der Waals surface area contributed by atoms with E-state index in [2.05, 4.69) is 11.0 Å². The van der Waals surface area contributed by atoms with E-state index in [-0.39, 0.29) is 6.23 Å². The van der Waals surface area contributed by atoms with Crippen LogP contribution < -0.4 is 0 Å². The minimum absolute atomic E-state index is 0.162. The fourth-order valence-corrected chi connectivity index (χ4v) is 0.763. The van der Waals surface area contributed by atoms with Crippen molar-refractivity contribution >= 4 is 0 Å². The van der Waals surface area contributed by atoms with Crippen LogP contribution in [-0.4, -0.2) is 31.8 Å². The molecule has 0 aromatic carbocycles. The minimum atomic E-state index is 0.162. The van der Waals surface area contributed by atoms with E-state index < -0.39 is 0 Å². The molecular weight excluding hydrogens is 102 g/mol. The highest BCUT2D eigenvalue weighted by atomic mass is 16.5. The summed E-state index contributed by atoms with van der Waals surface area (Å²) in [5.74, 6) is 0. The molecule has 0 N–H and O–H groups in total. The molecule has 2 heteroatoms. The van der Waals surface area contributed by atoms with Gasteiger partial charge in [0, 0.05) is 13.7 Å². The molecule has 1 heterocycles. The van der Waals surface area contributed by atoms with Gasteiger partial charge in [0.1, 0.15) is 6.23 Å². The van der Waals surface area contributed by atoms with Gasteiger partial charge in [0.05, 0.1) is 0 Å². The van der Waals surface area contributed by atoms with Crippen LogP contribution in [0.1, 0.15) is 0 Å². The van der Waals surface area contributed by atoms with Crippen molar-refractivity contribution in [3.63, 3.8) is 0 Å². The van der Waals surface area contributed by atoms with Gasteiger partial charge in [0.15, 0.2) is 0 Å². The lowest BCUT2D eigenvalue weighted by atomic mass is 10.5. The van der Waals surface area contributed by atoms with E-state index in [0.29, 0.717) is 0 Å². The molecule has 0 saturated carbocycles. The second-order valence-corrected chi connectivity index (χ2v) is 1.91. The summed E-state index contributed by atoms with van der Waals surface area (Å²) in [5.41, 5.74) is 0. The first-order valence-corrected chi connectivity index (χ1v) is 2.64. The lowest BCUT2D eigenvalue weighted by Gasteiger charge is -2.15. The van der Waals surface area contributed by atoms with Crippen molar-refractivity contribution in [2.24, 2.45) is 0 Å². The number of rotatable bonds is 1. The molecule has 1 rings (SSSR count). The van der Waals surface area contributed by atoms with Gasteiger partial charge in [-0.3, -0.25) is 4.90 Å². The second-order valence-electron chi connectivity index (χ2n) is 1.91. The summed E-state index contributed by atoms with van der Waals surface area (Å²) in [7, 11) is 3.70. The lowest BCUT2D eigenvalue weighted by Crippen LogP contribution is -2.26. The monoisotopic (exact) mass is 112 g/mol. The van der Waals surface area contributed by atoms with Crippen LogP contribution >= 0.6 is 0 Å². The van der Waals surface area contributed by atoms with Crippen molar-refractivity contribution in [2.45, 2.75) is 6.23 Å². The predicted octanol–water partition coefficient (Wildman–Crippen LogP) is 0.264. The number of nitrogens with zero attached hydrogens (tertiary/aromatic N) is 1. The van der Waals surface area contributed by atoms with Crippen LogP contribution in [0.5, 0.6) is 0 Å². The van der Waals surface area contributed by atoms with E-state index in [1.807, 2.05) is 13.1 Å². The van der Waals surface area contributed by atoms with Gasteiger partial charge < -0.3 is 4.74 Å². The minimum Gasteiger partial charge on any atom is -0.363 e. The number of likely N-dealkylation sites (N-methyl/N-ethyl adjacent to an activating group) is 1. The normalized spacial score (nSPS) is 29.5. The summed E-state index contributed by atoms with van der Waals surface area (Å²) in [6.07, 6.45) is 5.14. The summed E-state index contributed by atoms with van der Waals surface area (Å²) in [4.78, 5) is 2.07. The van der Waals surface area contributed by atoms with Gasteiger partial charge in [-0.1, -0.05) is 0 Å². The molecule has 0 spiro atoms. The molecule has 0 aliphatic carbocycles. The van der Waals surface area contributed by atoms with Gasteiger partial charge in [0.25, 0.3) is 0 Å². The molecule has 0 saturated heterocycles. The molecule has 45 valence electrons. The molecule has 1 aliphatic rings. The van der Waals surface area contributed by atoms with E-state index in [1.165, 1.54) is 0 Å². The summed E-state index contributed by atoms with van der Waals surface area (Å²) in [6.45, 7) is 0.887. The van der Waals surface area contributed by atoms with Crippen molar-refractivity contribution < 1.29 is 4.74 Å². The fraction of sp³-hybridized carbons (Fsp3) is 0.667. The van der Waals surface area contributed by atoms with Crippen LogP contribution in [0.25, 0.3) is 0 Å². The average Bonchev–Trinajstić information content (AvgIpc) is 2.14. The molecule has 1 radical (unpaired) electrons. The van der Waals surface area contributed by atoms with Crippen LogP contribution in [0.3, 0.4) is 0 Å². The van der Waals surface area contributed by atoms with Crippen LogP contribution in [0.2, 0.25) is 0 Å². The standard InChI is InChI=1S/C6H10NO/c1-7-5-3-4-6(7)8-2/h4,6H,5H2,1-2H3. The van der Waals surface area contributed by atoms with Crippen molar-refractivity contribution in [1.82, 2.24) is 4.90 Å². The molecule has 0 fully saturated rings. The Balaban J connectivity index is 2.41. The number of methoxy groups -OCH3 is 1. The van der Waals surface area contributed by atoms with Crippen LogP contribution in [0.4, 0.5) is 0 Å². The van der Waals surface area contributed by atoms with Gasteiger partial charge in [-0.25, -0.2) is 0 Å². The first-order chi connectivity index (χ1) is 3.84. The Bertz CT molecular complexity index is 101. The number of ether oxygens (including phenoxy) is 1. The lowest BCUT2D eigenvalue weighted by molar-refractivity contribution is 0.0355. The zero-order valence-corrected chi connectivity index (χ0v) is 5.22. The molecule has 2 nitrogen and oxygen atoms in total. The molecule has 0 bridgehead atoms. The Morgan fingerprint density at radius 2 is 2.62 bits per heavy atom. The van der Waals surface area contributed by atoms with Crippen LogP contribution in [-0.2, 0) is 4.74 Å². The smallest absolute Gasteiger partial charge is 0.130 e. The highest BCUT2D eigenvalue weighted by molar-refractivity contribution is 4.91. The van der Waals surface area contributed by atoms with E-state index in [4.69, 9.17) is 4.74 Å². The molecule has 0 amide bonds. The average molecular weight is 112 g/mol. The Morgan fingerprint density at radius 3 is 2.88 bits per heavy atom. The maximum Gasteiger partial charge on any atom is 0.130 e. The van der Waals surface area contributed by atoms with Crippen molar-refractivity contribution in [3.05, 3.63) is 12.2 Å². The van der Waals surface area contributed by atoms with E-state index in [1.54, 1.807) is 7.11 Å². The third-order valence-electron chi connectivity index (χ3n) is 1.28. The number of hydrogen-bond acceptors (Lipinski definition) is 2. The van der Waals surface area contributed by atoms with Crippen molar-refractivity contribution in [3.8, 4) is 0 Å². The largest absolute Gasteiger partial charge is 0.363 e. The Kier molecular flexibility index (Phi) is 1.65. The Hall–Kier alpha value is -0.340. The van der Waals surface area contributed by atoms with Gasteiger partial charge in [-0.05, 0) is 19.2 Å². The molecule has 0 aromatic heterocycles. The van der Waals surface area contributed by atoms with Crippen molar-refractivity contribution in [1.29, 1.82) is 0 Å². The third-order valence-corrected chi connectivity index (χ3v) is 1.28. The maximum atomic E-state index is 5.03. The quantitative estimate of drug-likeness (QED) is 0.482. The maximum absolute atomic E-state index is 5.03. The Labute approximate surface area is 49.7 Å². The summed E-state index contributed by atoms with van der Waals surface area (Å²) in [6, 6.07) is 0. The van der Waals surface area contributed by atoms with Gasteiger partial charge in [0.2, 0.25) is 0 Å². The summed E-state index contributed by atoms with van der Waals surface area (Å²) >= 11 is 0. The summed E-state index contributed by atoms with van der Waals surface area (Å²) < 4.78 is 5.03. The van der Waals surface area contributed by atoms with Crippen LogP contribution in [0.15, 0.2) is 6.08 Å². The highest BCUT2D eigenvalue weighted by Gasteiger charge is 2.12. The van der Waals surface area contributed by atoms with E-state index >= 15 is 0 Å². The fourth-order valence-electron chi connectivity index (χ4n) is 0.763. The van der Waals surface area contributed by atoms with E-state index in [0.717, 1.165) is 6.54 Å². The molecule has 1 aliphatic heterocycles. The molecule has 1 atom stereocenters. The first kappa shape index (κ1) is 5.79. The van der Waals surface area contributed by atoms with Gasteiger partial charge in [-0.15, -0.1) is 0 Å². The first-order valence-electron chi connectivity index (χ1n) is 2.64. The Morgan fingerprint density at radius 1 is 1.88 bits per heavy atom. The SMILES string of the molecule is COC1C=[C]CN1C. The van der Waals surface area contributed by atoms with E-state index in [9.17, 15) is 0 Å². The topological polar surface area (TPSA) is 12.5 Å². The highest BCUT2D eigenvalue weighted by Crippen LogP contribution is 2.04. The third kappa shape index (κ3) is 0.904. The van der Waals surface area contributed by atoms with Crippen molar-refractivity contribution in [2.75, 3.05) is 20.7 Å². The van der Waals surface area contributed by atoms with Crippen LogP contribution in [0, 0.1) is 6.08 Å². The zero-order valence-electron chi connectivity index (χ0n) is 5.22. The molecule has 0 aromatic rings. The molecule has 8 heavy (non-hydrogen) atoms. The second kappa shape index (κ2) is 2.29. The summed E-state index contributed by atoms with van der Waals surface area (Å²) in [5, 5.41) is 0. The molecule has 1 unspecified atom stereocenters. The molecular formula is C6H10NO. The number of hydrogen-bond donors (Lipinski definition) is 0. The predicted molar refractivity (Wildman–Crippen MR) is 31.2 cm³/mol. The van der Waals surface area contributed by atoms with Gasteiger partial charge in [-0.2, -0.15) is 0 Å². The van der Waals surface area contributed by atoms with Gasteiger partial charge >= 0.3 is 0 Å².